The lowest BCUT2D eigenvalue weighted by Crippen LogP contribution is -1.99. The van der Waals surface area contributed by atoms with E-state index in [0.29, 0.717) is 6.42 Å². The Morgan fingerprint density at radius 1 is 1.07 bits per heavy atom. The van der Waals surface area contributed by atoms with Crippen molar-refractivity contribution < 1.29 is 4.79 Å². The summed E-state index contributed by atoms with van der Waals surface area (Å²) >= 11 is 0. The number of aromatic nitrogens is 3. The molecule has 5 rings (SSSR count). The van der Waals surface area contributed by atoms with Gasteiger partial charge in [-0.2, -0.15) is 0 Å². The summed E-state index contributed by atoms with van der Waals surface area (Å²) in [6.45, 7) is 1.96. The Kier molecular flexibility index (Phi) is 3.53. The van der Waals surface area contributed by atoms with Crippen molar-refractivity contribution in [3.8, 4) is 11.3 Å². The third-order valence-electron chi connectivity index (χ3n) is 5.06. The van der Waals surface area contributed by atoms with Gasteiger partial charge in [-0.15, -0.1) is 0 Å². The Morgan fingerprint density at radius 2 is 1.93 bits per heavy atom. The van der Waals surface area contributed by atoms with Crippen molar-refractivity contribution in [2.45, 2.75) is 19.8 Å². The zero-order chi connectivity index (χ0) is 18.4. The Morgan fingerprint density at radius 3 is 2.78 bits per heavy atom. The maximum absolute atomic E-state index is 11.9. The second kappa shape index (κ2) is 6.06. The van der Waals surface area contributed by atoms with Crippen LogP contribution in [-0.4, -0.2) is 20.2 Å². The molecule has 0 atom stereocenters. The first-order valence-electron chi connectivity index (χ1n) is 9.03. The van der Waals surface area contributed by atoms with Crippen LogP contribution < -0.4 is 5.32 Å². The quantitative estimate of drug-likeness (QED) is 0.585. The number of imidazole rings is 1. The molecule has 0 radical (unpaired) electrons. The Hall–Kier alpha value is -3.47. The van der Waals surface area contributed by atoms with Crippen molar-refractivity contribution in [1.82, 2.24) is 14.4 Å². The molecule has 0 spiro atoms. The van der Waals surface area contributed by atoms with Gasteiger partial charge in [-0.25, -0.2) is 4.98 Å². The van der Waals surface area contributed by atoms with E-state index in [1.807, 2.05) is 47.9 Å². The van der Waals surface area contributed by atoms with Gasteiger partial charge in [0.2, 0.25) is 0 Å². The molecule has 2 aromatic carbocycles. The molecule has 4 aromatic rings. The van der Waals surface area contributed by atoms with Gasteiger partial charge in [0.05, 0.1) is 5.69 Å². The number of fused-ring (bicyclic) bond motifs is 2. The number of benzene rings is 2. The highest BCUT2D eigenvalue weighted by atomic mass is 16.1. The van der Waals surface area contributed by atoms with E-state index in [0.717, 1.165) is 51.7 Å². The van der Waals surface area contributed by atoms with Gasteiger partial charge < -0.3 is 5.32 Å². The molecular weight excluding hydrogens is 336 g/mol. The maximum atomic E-state index is 11.9. The number of carbonyl (C=O) groups is 1. The van der Waals surface area contributed by atoms with Crippen LogP contribution in [0.3, 0.4) is 0 Å². The third kappa shape index (κ3) is 2.59. The van der Waals surface area contributed by atoms with Crippen LogP contribution in [-0.2, 0) is 6.42 Å². The first kappa shape index (κ1) is 15.8. The molecule has 0 unspecified atom stereocenters. The second-order valence-corrected chi connectivity index (χ2v) is 6.80. The van der Waals surface area contributed by atoms with Gasteiger partial charge in [0.15, 0.2) is 11.4 Å². The number of ketones is 1. The summed E-state index contributed by atoms with van der Waals surface area (Å²) in [5.41, 5.74) is 6.54. The van der Waals surface area contributed by atoms with Gasteiger partial charge in [0.1, 0.15) is 11.5 Å². The van der Waals surface area contributed by atoms with E-state index in [1.54, 1.807) is 6.20 Å². The molecule has 132 valence electrons. The molecule has 1 aliphatic rings. The van der Waals surface area contributed by atoms with Gasteiger partial charge in [0.25, 0.3) is 0 Å². The number of rotatable bonds is 3. The van der Waals surface area contributed by atoms with Crippen molar-refractivity contribution in [1.29, 1.82) is 0 Å². The number of Topliss-reactive ketones (excluding diaryl/α,β-unsaturated/α-hetero) is 1. The second-order valence-electron chi connectivity index (χ2n) is 6.80. The number of nitrogens with one attached hydrogen (secondary N) is 1. The Labute approximate surface area is 156 Å². The number of carbonyl (C=O) groups excluding carboxylic acids is 1. The number of hydrogen-bond acceptors (Lipinski definition) is 4. The summed E-state index contributed by atoms with van der Waals surface area (Å²) in [5.74, 6) is 1.13. The summed E-state index contributed by atoms with van der Waals surface area (Å²) in [5, 5.41) is 3.53. The minimum absolute atomic E-state index is 0.234. The molecule has 0 saturated heterocycles. The topological polar surface area (TPSA) is 59.3 Å². The normalized spacial score (nSPS) is 13.1. The Bertz CT molecular complexity index is 1180. The average Bonchev–Trinajstić information content (AvgIpc) is 3.25. The van der Waals surface area contributed by atoms with Crippen molar-refractivity contribution in [3.63, 3.8) is 0 Å². The molecule has 0 saturated carbocycles. The van der Waals surface area contributed by atoms with Gasteiger partial charge in [-0.3, -0.25) is 14.2 Å². The minimum atomic E-state index is 0.234. The highest BCUT2D eigenvalue weighted by molar-refractivity contribution is 6.01. The number of hydrogen-bond donors (Lipinski definition) is 1. The third-order valence-corrected chi connectivity index (χ3v) is 5.06. The first-order chi connectivity index (χ1) is 13.2. The molecule has 1 aliphatic carbocycles. The highest BCUT2D eigenvalue weighted by Gasteiger charge is 2.20. The molecule has 5 nitrogen and oxygen atoms in total. The van der Waals surface area contributed by atoms with Crippen LogP contribution in [0.5, 0.6) is 0 Å². The summed E-state index contributed by atoms with van der Waals surface area (Å²) in [6, 6.07) is 16.1. The summed E-state index contributed by atoms with van der Waals surface area (Å²) in [4.78, 5) is 21.1. The number of aryl methyl sites for hydroxylation is 2. The average molecular weight is 354 g/mol. The standard InChI is InChI=1S/C22H18N4O/c1-14-21-25-20(15-5-3-2-4-6-15)22(26(21)12-11-23-14)24-17-8-9-18-16(13-17)7-10-19(18)27/h2-6,8-9,11-13,24H,7,10H2,1H3. The van der Waals surface area contributed by atoms with Crippen LogP contribution in [0.2, 0.25) is 0 Å². The SMILES string of the molecule is Cc1nccn2c(Nc3ccc4c(c3)CCC4=O)c(-c3ccccc3)nc12. The van der Waals surface area contributed by atoms with Crippen LogP contribution in [0, 0.1) is 6.92 Å². The van der Waals surface area contributed by atoms with E-state index >= 15 is 0 Å². The molecule has 0 bridgehead atoms. The van der Waals surface area contributed by atoms with Crippen LogP contribution in [0.25, 0.3) is 16.9 Å². The lowest BCUT2D eigenvalue weighted by atomic mass is 10.1. The van der Waals surface area contributed by atoms with Crippen LogP contribution in [0.1, 0.15) is 28.0 Å². The predicted molar refractivity (Wildman–Crippen MR) is 106 cm³/mol. The molecule has 2 aromatic heterocycles. The van der Waals surface area contributed by atoms with E-state index in [9.17, 15) is 4.79 Å². The monoisotopic (exact) mass is 354 g/mol. The van der Waals surface area contributed by atoms with Crippen molar-refractivity contribution in [2.24, 2.45) is 0 Å². The van der Waals surface area contributed by atoms with Gasteiger partial charge in [-0.1, -0.05) is 30.3 Å². The molecule has 5 heteroatoms. The van der Waals surface area contributed by atoms with Gasteiger partial charge >= 0.3 is 0 Å². The smallest absolute Gasteiger partial charge is 0.163 e. The zero-order valence-electron chi connectivity index (χ0n) is 14.9. The fourth-order valence-electron chi connectivity index (χ4n) is 3.69. The van der Waals surface area contributed by atoms with Crippen LogP contribution in [0.4, 0.5) is 11.5 Å². The minimum Gasteiger partial charge on any atom is -0.339 e. The summed E-state index contributed by atoms with van der Waals surface area (Å²) < 4.78 is 2.03. The zero-order valence-corrected chi connectivity index (χ0v) is 14.9. The van der Waals surface area contributed by atoms with E-state index in [2.05, 4.69) is 28.5 Å². The van der Waals surface area contributed by atoms with E-state index in [4.69, 9.17) is 4.98 Å². The van der Waals surface area contributed by atoms with E-state index in [-0.39, 0.29) is 5.78 Å². The van der Waals surface area contributed by atoms with Crippen LogP contribution in [0.15, 0.2) is 60.9 Å². The summed E-state index contributed by atoms with van der Waals surface area (Å²) in [7, 11) is 0. The fraction of sp³-hybridized carbons (Fsp3) is 0.136. The maximum Gasteiger partial charge on any atom is 0.163 e. The molecular formula is C22H18N4O. The first-order valence-corrected chi connectivity index (χ1v) is 9.03. The molecule has 27 heavy (non-hydrogen) atoms. The van der Waals surface area contributed by atoms with Crippen molar-refractivity contribution in [3.05, 3.63) is 77.7 Å². The molecule has 0 aliphatic heterocycles. The van der Waals surface area contributed by atoms with E-state index in [1.165, 1.54) is 0 Å². The molecule has 0 amide bonds. The Balaban J connectivity index is 1.66. The highest BCUT2D eigenvalue weighted by Crippen LogP contribution is 2.33. The predicted octanol–water partition coefficient (Wildman–Crippen LogP) is 4.58. The van der Waals surface area contributed by atoms with Crippen molar-refractivity contribution >= 4 is 22.9 Å². The lowest BCUT2D eigenvalue weighted by molar-refractivity contribution is 0.0994. The largest absolute Gasteiger partial charge is 0.339 e. The molecule has 1 N–H and O–H groups in total. The summed E-state index contributed by atoms with van der Waals surface area (Å²) in [6.07, 6.45) is 5.12. The van der Waals surface area contributed by atoms with E-state index < -0.39 is 0 Å². The van der Waals surface area contributed by atoms with Crippen LogP contribution >= 0.6 is 0 Å². The number of nitrogens with zero attached hydrogens (tertiary/aromatic N) is 3. The molecule has 2 heterocycles. The molecule has 0 fully saturated rings. The van der Waals surface area contributed by atoms with Gasteiger partial charge in [-0.05, 0) is 37.1 Å². The number of anilines is 2. The van der Waals surface area contributed by atoms with Crippen molar-refractivity contribution in [2.75, 3.05) is 5.32 Å². The lowest BCUT2D eigenvalue weighted by Gasteiger charge is -2.10. The fourth-order valence-corrected chi connectivity index (χ4v) is 3.69. The van der Waals surface area contributed by atoms with Gasteiger partial charge in [0, 0.05) is 35.6 Å².